The summed E-state index contributed by atoms with van der Waals surface area (Å²) in [5, 5.41) is 14.2. The van der Waals surface area contributed by atoms with Crippen molar-refractivity contribution in [1.82, 2.24) is 5.32 Å². The number of hydrogen-bond acceptors (Lipinski definition) is 4. The second-order valence-electron chi connectivity index (χ2n) is 8.95. The summed E-state index contributed by atoms with van der Waals surface area (Å²) in [6.45, 7) is 6.45. The molecular weight excluding hydrogens is 384 g/mol. The molecule has 31 heavy (non-hydrogen) atoms. The SMILES string of the molecule is CNCC(O)C(c1ccccc1)N1CC(C)(C)c2cc(OCc3ccccc3)ccc21. The fraction of sp³-hybridized carbons (Fsp3) is 0.333. The van der Waals surface area contributed by atoms with E-state index in [1.807, 2.05) is 49.5 Å². The highest BCUT2D eigenvalue weighted by Gasteiger charge is 2.40. The van der Waals surface area contributed by atoms with Crippen molar-refractivity contribution >= 4 is 5.69 Å². The summed E-state index contributed by atoms with van der Waals surface area (Å²) in [6.07, 6.45) is -0.525. The van der Waals surface area contributed by atoms with Crippen LogP contribution in [0, 0.1) is 0 Å². The third-order valence-corrected chi connectivity index (χ3v) is 6.08. The molecule has 0 radical (unpaired) electrons. The maximum atomic E-state index is 11.1. The normalized spacial score (nSPS) is 16.6. The average Bonchev–Trinajstić information content (AvgIpc) is 3.04. The lowest BCUT2D eigenvalue weighted by Crippen LogP contribution is -2.42. The van der Waals surface area contributed by atoms with Crippen LogP contribution in [0.15, 0.2) is 78.9 Å². The number of benzene rings is 3. The smallest absolute Gasteiger partial charge is 0.120 e. The number of fused-ring (bicyclic) bond motifs is 1. The molecule has 1 aliphatic rings. The predicted molar refractivity (Wildman–Crippen MR) is 127 cm³/mol. The number of anilines is 1. The molecule has 0 bridgehead atoms. The molecule has 0 fully saturated rings. The molecule has 162 valence electrons. The van der Waals surface area contributed by atoms with Crippen LogP contribution in [0.4, 0.5) is 5.69 Å². The van der Waals surface area contributed by atoms with Gasteiger partial charge < -0.3 is 20.1 Å². The predicted octanol–water partition coefficient (Wildman–Crippen LogP) is 4.68. The molecule has 1 heterocycles. The maximum absolute atomic E-state index is 11.1. The van der Waals surface area contributed by atoms with E-state index in [0.29, 0.717) is 13.2 Å². The highest BCUT2D eigenvalue weighted by Crippen LogP contribution is 2.46. The first-order chi connectivity index (χ1) is 15.0. The van der Waals surface area contributed by atoms with Crippen LogP contribution in [0.5, 0.6) is 5.75 Å². The Morgan fingerprint density at radius 2 is 1.68 bits per heavy atom. The van der Waals surface area contributed by atoms with Crippen molar-refractivity contribution in [3.8, 4) is 5.75 Å². The number of nitrogens with one attached hydrogen (secondary N) is 1. The van der Waals surface area contributed by atoms with Crippen LogP contribution in [-0.4, -0.2) is 31.3 Å². The Bertz CT molecular complexity index is 989. The van der Waals surface area contributed by atoms with Gasteiger partial charge in [-0.1, -0.05) is 74.5 Å². The van der Waals surface area contributed by atoms with Gasteiger partial charge in [0, 0.05) is 24.2 Å². The van der Waals surface area contributed by atoms with Gasteiger partial charge in [-0.3, -0.25) is 0 Å². The molecule has 2 N–H and O–H groups in total. The first kappa shape index (κ1) is 21.4. The standard InChI is InChI=1S/C27H32N2O2/c1-27(2)19-29(26(25(30)17-28-3)21-12-8-5-9-13-21)24-15-14-22(16-23(24)27)31-18-20-10-6-4-7-11-20/h4-16,25-26,28,30H,17-19H2,1-3H3. The van der Waals surface area contributed by atoms with Crippen LogP contribution in [-0.2, 0) is 12.0 Å². The van der Waals surface area contributed by atoms with E-state index < -0.39 is 6.10 Å². The van der Waals surface area contributed by atoms with Gasteiger partial charge in [0.2, 0.25) is 0 Å². The molecule has 2 unspecified atom stereocenters. The molecule has 0 spiro atoms. The molecule has 4 nitrogen and oxygen atoms in total. The molecule has 3 aromatic rings. The Kier molecular flexibility index (Phi) is 6.30. The number of rotatable bonds is 8. The lowest BCUT2D eigenvalue weighted by molar-refractivity contribution is 0.140. The van der Waals surface area contributed by atoms with Gasteiger partial charge in [0.15, 0.2) is 0 Å². The molecule has 1 aliphatic heterocycles. The molecule has 0 aliphatic carbocycles. The van der Waals surface area contributed by atoms with E-state index in [4.69, 9.17) is 4.74 Å². The van der Waals surface area contributed by atoms with Crippen molar-refractivity contribution in [2.75, 3.05) is 25.0 Å². The zero-order valence-corrected chi connectivity index (χ0v) is 18.6. The first-order valence-electron chi connectivity index (χ1n) is 10.9. The molecule has 0 saturated carbocycles. The van der Waals surface area contributed by atoms with E-state index in [1.165, 1.54) is 11.3 Å². The highest BCUT2D eigenvalue weighted by molar-refractivity contribution is 5.65. The van der Waals surface area contributed by atoms with Gasteiger partial charge in [0.1, 0.15) is 12.4 Å². The van der Waals surface area contributed by atoms with Gasteiger partial charge in [-0.15, -0.1) is 0 Å². The topological polar surface area (TPSA) is 44.7 Å². The van der Waals surface area contributed by atoms with Gasteiger partial charge in [0.25, 0.3) is 0 Å². The number of ether oxygens (including phenoxy) is 1. The average molecular weight is 417 g/mol. The van der Waals surface area contributed by atoms with Crippen molar-refractivity contribution in [1.29, 1.82) is 0 Å². The minimum atomic E-state index is -0.525. The Balaban J connectivity index is 1.64. The zero-order valence-electron chi connectivity index (χ0n) is 18.6. The van der Waals surface area contributed by atoms with E-state index in [-0.39, 0.29) is 11.5 Å². The molecule has 2 atom stereocenters. The van der Waals surface area contributed by atoms with Gasteiger partial charge in [-0.05, 0) is 41.9 Å². The van der Waals surface area contributed by atoms with Crippen molar-refractivity contribution < 1.29 is 9.84 Å². The van der Waals surface area contributed by atoms with Crippen LogP contribution in [0.3, 0.4) is 0 Å². The second kappa shape index (κ2) is 9.13. The largest absolute Gasteiger partial charge is 0.489 e. The summed E-state index contributed by atoms with van der Waals surface area (Å²) >= 11 is 0. The highest BCUT2D eigenvalue weighted by atomic mass is 16.5. The molecule has 0 aromatic heterocycles. The number of aliphatic hydroxyl groups is 1. The van der Waals surface area contributed by atoms with Crippen LogP contribution < -0.4 is 15.0 Å². The van der Waals surface area contributed by atoms with E-state index in [0.717, 1.165) is 23.4 Å². The Morgan fingerprint density at radius 1 is 1.00 bits per heavy atom. The molecule has 0 saturated heterocycles. The second-order valence-corrected chi connectivity index (χ2v) is 8.95. The lowest BCUT2D eigenvalue weighted by Gasteiger charge is -2.35. The van der Waals surface area contributed by atoms with Crippen LogP contribution in [0.25, 0.3) is 0 Å². The van der Waals surface area contributed by atoms with Crippen molar-refractivity contribution in [3.63, 3.8) is 0 Å². The third kappa shape index (κ3) is 4.60. The number of hydrogen-bond donors (Lipinski definition) is 2. The van der Waals surface area contributed by atoms with Crippen LogP contribution in [0.1, 0.15) is 36.6 Å². The van der Waals surface area contributed by atoms with Gasteiger partial charge in [-0.2, -0.15) is 0 Å². The van der Waals surface area contributed by atoms with E-state index in [1.54, 1.807) is 0 Å². The first-order valence-corrected chi connectivity index (χ1v) is 10.9. The van der Waals surface area contributed by atoms with E-state index >= 15 is 0 Å². The number of likely N-dealkylation sites (N-methyl/N-ethyl adjacent to an activating group) is 1. The Hall–Kier alpha value is -2.82. The van der Waals surface area contributed by atoms with Crippen molar-refractivity contribution in [2.45, 2.75) is 38.0 Å². The molecule has 3 aromatic carbocycles. The fourth-order valence-corrected chi connectivity index (χ4v) is 4.56. The van der Waals surface area contributed by atoms with Gasteiger partial charge in [0.05, 0.1) is 12.1 Å². The summed E-state index contributed by atoms with van der Waals surface area (Å²) in [7, 11) is 1.88. The summed E-state index contributed by atoms with van der Waals surface area (Å²) < 4.78 is 6.10. The fourth-order valence-electron chi connectivity index (χ4n) is 4.56. The number of nitrogens with zero attached hydrogens (tertiary/aromatic N) is 1. The van der Waals surface area contributed by atoms with Gasteiger partial charge in [-0.25, -0.2) is 0 Å². The quantitative estimate of drug-likeness (QED) is 0.559. The monoisotopic (exact) mass is 416 g/mol. The van der Waals surface area contributed by atoms with E-state index in [2.05, 4.69) is 60.5 Å². The number of aliphatic hydroxyl groups excluding tert-OH is 1. The van der Waals surface area contributed by atoms with Crippen molar-refractivity contribution in [2.24, 2.45) is 0 Å². The molecule has 4 heteroatoms. The molecular formula is C27H32N2O2. The van der Waals surface area contributed by atoms with Gasteiger partial charge >= 0.3 is 0 Å². The summed E-state index contributed by atoms with van der Waals surface area (Å²) in [6, 6.07) is 26.8. The Labute approximate surface area is 185 Å². The minimum Gasteiger partial charge on any atom is -0.489 e. The molecule has 4 rings (SSSR count). The molecule has 0 amide bonds. The lowest BCUT2D eigenvalue weighted by atomic mass is 9.87. The summed E-state index contributed by atoms with van der Waals surface area (Å²) in [4.78, 5) is 2.35. The van der Waals surface area contributed by atoms with Crippen molar-refractivity contribution in [3.05, 3.63) is 95.6 Å². The Morgan fingerprint density at radius 3 is 2.35 bits per heavy atom. The summed E-state index contributed by atoms with van der Waals surface area (Å²) in [5.74, 6) is 0.879. The summed E-state index contributed by atoms with van der Waals surface area (Å²) in [5.41, 5.74) is 4.66. The zero-order chi connectivity index (χ0) is 21.8. The van der Waals surface area contributed by atoms with Crippen LogP contribution in [0.2, 0.25) is 0 Å². The van der Waals surface area contributed by atoms with E-state index in [9.17, 15) is 5.11 Å². The maximum Gasteiger partial charge on any atom is 0.120 e. The van der Waals surface area contributed by atoms with Crippen LogP contribution >= 0.6 is 0 Å². The third-order valence-electron chi connectivity index (χ3n) is 6.08. The minimum absolute atomic E-state index is 0.0478.